The molecule has 2 nitrogen and oxygen atoms in total. The molecule has 2 rings (SSSR count). The van der Waals surface area contributed by atoms with Crippen molar-refractivity contribution in [1.29, 1.82) is 0 Å². The number of benzene rings is 1. The van der Waals surface area contributed by atoms with Gasteiger partial charge in [0.25, 0.3) is 0 Å². The molecule has 0 aliphatic carbocycles. The number of nitrogens with one attached hydrogen (secondary N) is 1. The highest BCUT2D eigenvalue weighted by Crippen LogP contribution is 2.26. The molecular formula is C13H17BrFNO. The largest absolute Gasteiger partial charge is 0.492 e. The zero-order valence-electron chi connectivity index (χ0n) is 9.72. The Hall–Kier alpha value is -0.610. The monoisotopic (exact) mass is 301 g/mol. The van der Waals surface area contributed by atoms with Crippen molar-refractivity contribution in [2.24, 2.45) is 5.92 Å². The first-order chi connectivity index (χ1) is 8.25. The molecule has 1 aromatic carbocycles. The minimum absolute atomic E-state index is 0.259. The van der Waals surface area contributed by atoms with E-state index >= 15 is 0 Å². The van der Waals surface area contributed by atoms with Crippen LogP contribution in [0, 0.1) is 11.7 Å². The highest BCUT2D eigenvalue weighted by atomic mass is 79.9. The molecule has 0 saturated carbocycles. The lowest BCUT2D eigenvalue weighted by atomic mass is 9.95. The lowest BCUT2D eigenvalue weighted by Gasteiger charge is -2.22. The molecule has 0 atom stereocenters. The van der Waals surface area contributed by atoms with Crippen molar-refractivity contribution in [3.8, 4) is 5.75 Å². The Morgan fingerprint density at radius 1 is 1.35 bits per heavy atom. The molecule has 0 amide bonds. The van der Waals surface area contributed by atoms with Crippen LogP contribution in [0.5, 0.6) is 5.75 Å². The number of ether oxygens (including phenoxy) is 1. The molecule has 1 aliphatic rings. The highest BCUT2D eigenvalue weighted by Gasteiger charge is 2.13. The highest BCUT2D eigenvalue weighted by molar-refractivity contribution is 9.10. The Morgan fingerprint density at radius 3 is 2.88 bits per heavy atom. The maximum Gasteiger partial charge on any atom is 0.136 e. The van der Waals surface area contributed by atoms with Crippen LogP contribution in [-0.2, 0) is 0 Å². The SMILES string of the molecule is Fc1ccc(Br)c(OCCC2CCNCC2)c1. The van der Waals surface area contributed by atoms with Crippen LogP contribution in [0.4, 0.5) is 4.39 Å². The Bertz CT molecular complexity index is 366. The standard InChI is InChI=1S/C13H17BrFNO/c14-12-2-1-11(15)9-13(12)17-8-5-10-3-6-16-7-4-10/h1-2,9-10,16H,3-8H2. The number of piperidine rings is 1. The number of rotatable bonds is 4. The van der Waals surface area contributed by atoms with Crippen molar-refractivity contribution >= 4 is 15.9 Å². The second-order valence-corrected chi connectivity index (χ2v) is 5.26. The fourth-order valence-corrected chi connectivity index (χ4v) is 2.45. The first kappa shape index (κ1) is 12.8. The van der Waals surface area contributed by atoms with Gasteiger partial charge in [-0.2, -0.15) is 0 Å². The topological polar surface area (TPSA) is 21.3 Å². The van der Waals surface area contributed by atoms with E-state index < -0.39 is 0 Å². The van der Waals surface area contributed by atoms with Crippen LogP contribution in [0.25, 0.3) is 0 Å². The molecule has 1 saturated heterocycles. The van der Waals surface area contributed by atoms with Gasteiger partial charge in [-0.3, -0.25) is 0 Å². The second-order valence-electron chi connectivity index (χ2n) is 4.41. The van der Waals surface area contributed by atoms with Gasteiger partial charge in [0, 0.05) is 6.07 Å². The van der Waals surface area contributed by atoms with Gasteiger partial charge in [-0.05, 0) is 66.3 Å². The van der Waals surface area contributed by atoms with E-state index in [4.69, 9.17) is 4.74 Å². The van der Waals surface area contributed by atoms with Crippen molar-refractivity contribution in [3.05, 3.63) is 28.5 Å². The van der Waals surface area contributed by atoms with Crippen molar-refractivity contribution < 1.29 is 9.13 Å². The smallest absolute Gasteiger partial charge is 0.136 e. The summed E-state index contributed by atoms with van der Waals surface area (Å²) >= 11 is 3.35. The van der Waals surface area contributed by atoms with E-state index in [2.05, 4.69) is 21.2 Å². The molecule has 0 aromatic heterocycles. The first-order valence-corrected chi connectivity index (χ1v) is 6.83. The second kappa shape index (κ2) is 6.36. The lowest BCUT2D eigenvalue weighted by molar-refractivity contribution is 0.250. The summed E-state index contributed by atoms with van der Waals surface area (Å²) < 4.78 is 19.4. The Kier molecular flexibility index (Phi) is 4.80. The predicted molar refractivity (Wildman–Crippen MR) is 69.8 cm³/mol. The minimum atomic E-state index is -0.259. The van der Waals surface area contributed by atoms with E-state index in [0.717, 1.165) is 29.9 Å². The minimum Gasteiger partial charge on any atom is -0.492 e. The van der Waals surface area contributed by atoms with Gasteiger partial charge in [-0.25, -0.2) is 4.39 Å². The van der Waals surface area contributed by atoms with Crippen LogP contribution in [0.1, 0.15) is 19.3 Å². The summed E-state index contributed by atoms with van der Waals surface area (Å²) in [7, 11) is 0. The van der Waals surface area contributed by atoms with E-state index in [-0.39, 0.29) is 5.82 Å². The van der Waals surface area contributed by atoms with Crippen LogP contribution in [-0.4, -0.2) is 19.7 Å². The van der Waals surface area contributed by atoms with E-state index in [1.807, 2.05) is 0 Å². The summed E-state index contributed by atoms with van der Waals surface area (Å²) in [5.41, 5.74) is 0. The van der Waals surface area contributed by atoms with Crippen LogP contribution in [0.2, 0.25) is 0 Å². The number of hydrogen-bond acceptors (Lipinski definition) is 2. The van der Waals surface area contributed by atoms with Gasteiger partial charge in [0.05, 0.1) is 11.1 Å². The summed E-state index contributed by atoms with van der Waals surface area (Å²) in [6.45, 7) is 2.87. The molecule has 0 spiro atoms. The van der Waals surface area contributed by atoms with Crippen molar-refractivity contribution in [1.82, 2.24) is 5.32 Å². The molecule has 1 aliphatic heterocycles. The summed E-state index contributed by atoms with van der Waals surface area (Å²) in [4.78, 5) is 0. The van der Waals surface area contributed by atoms with Crippen molar-refractivity contribution in [3.63, 3.8) is 0 Å². The maximum atomic E-state index is 13.0. The van der Waals surface area contributed by atoms with Gasteiger partial charge in [0.1, 0.15) is 11.6 Å². The van der Waals surface area contributed by atoms with E-state index in [1.165, 1.54) is 25.0 Å². The van der Waals surface area contributed by atoms with E-state index in [0.29, 0.717) is 12.4 Å². The molecule has 1 fully saturated rings. The molecule has 1 N–H and O–H groups in total. The molecule has 4 heteroatoms. The fraction of sp³-hybridized carbons (Fsp3) is 0.538. The van der Waals surface area contributed by atoms with Crippen LogP contribution in [0.15, 0.2) is 22.7 Å². The van der Waals surface area contributed by atoms with Crippen LogP contribution < -0.4 is 10.1 Å². The number of halogens is 2. The van der Waals surface area contributed by atoms with Gasteiger partial charge < -0.3 is 10.1 Å². The average Bonchev–Trinajstić information content (AvgIpc) is 2.35. The third-order valence-corrected chi connectivity index (χ3v) is 3.79. The molecular weight excluding hydrogens is 285 g/mol. The van der Waals surface area contributed by atoms with Gasteiger partial charge in [-0.1, -0.05) is 0 Å². The molecule has 0 unspecified atom stereocenters. The van der Waals surface area contributed by atoms with Crippen molar-refractivity contribution in [2.45, 2.75) is 19.3 Å². The van der Waals surface area contributed by atoms with Gasteiger partial charge in [0.15, 0.2) is 0 Å². The summed E-state index contributed by atoms with van der Waals surface area (Å²) in [5.74, 6) is 1.08. The quantitative estimate of drug-likeness (QED) is 0.921. The summed E-state index contributed by atoms with van der Waals surface area (Å²) in [5, 5.41) is 3.34. The van der Waals surface area contributed by atoms with E-state index in [1.54, 1.807) is 6.07 Å². The summed E-state index contributed by atoms with van der Waals surface area (Å²) in [6.07, 6.45) is 3.48. The van der Waals surface area contributed by atoms with Crippen LogP contribution in [0.3, 0.4) is 0 Å². The van der Waals surface area contributed by atoms with Gasteiger partial charge in [0.2, 0.25) is 0 Å². The third-order valence-electron chi connectivity index (χ3n) is 3.14. The molecule has 17 heavy (non-hydrogen) atoms. The average molecular weight is 302 g/mol. The lowest BCUT2D eigenvalue weighted by Crippen LogP contribution is -2.28. The van der Waals surface area contributed by atoms with E-state index in [9.17, 15) is 4.39 Å². The fourth-order valence-electron chi connectivity index (χ4n) is 2.09. The normalized spacial score (nSPS) is 17.1. The summed E-state index contributed by atoms with van der Waals surface area (Å²) in [6, 6.07) is 4.52. The van der Waals surface area contributed by atoms with Gasteiger partial charge in [-0.15, -0.1) is 0 Å². The van der Waals surface area contributed by atoms with Gasteiger partial charge >= 0.3 is 0 Å². The third kappa shape index (κ3) is 3.96. The molecule has 94 valence electrons. The predicted octanol–water partition coefficient (Wildman–Crippen LogP) is 3.36. The Morgan fingerprint density at radius 2 is 2.12 bits per heavy atom. The molecule has 0 bridgehead atoms. The molecule has 1 heterocycles. The molecule has 1 aromatic rings. The Balaban J connectivity index is 1.79. The Labute approximate surface area is 110 Å². The van der Waals surface area contributed by atoms with Crippen LogP contribution >= 0.6 is 15.9 Å². The number of hydrogen-bond donors (Lipinski definition) is 1. The first-order valence-electron chi connectivity index (χ1n) is 6.04. The maximum absolute atomic E-state index is 13.0. The zero-order valence-corrected chi connectivity index (χ0v) is 11.3. The zero-order chi connectivity index (χ0) is 12.1. The van der Waals surface area contributed by atoms with Crippen molar-refractivity contribution in [2.75, 3.05) is 19.7 Å². The molecule has 0 radical (unpaired) electrons.